The number of alkyl halides is 1. The van der Waals surface area contributed by atoms with Crippen LogP contribution in [0, 0.1) is 3.57 Å². The molecule has 1 unspecified atom stereocenters. The van der Waals surface area contributed by atoms with Gasteiger partial charge in [0.2, 0.25) is 0 Å². The van der Waals surface area contributed by atoms with Gasteiger partial charge in [-0.15, -0.1) is 0 Å². The van der Waals surface area contributed by atoms with Crippen molar-refractivity contribution in [3.63, 3.8) is 0 Å². The summed E-state index contributed by atoms with van der Waals surface area (Å²) in [7, 11) is 0. The lowest BCUT2D eigenvalue weighted by atomic mass is 9.95. The van der Waals surface area contributed by atoms with Gasteiger partial charge >= 0.3 is 0 Å². The second-order valence-corrected chi connectivity index (χ2v) is 6.11. The molecule has 0 amide bonds. The third-order valence-corrected chi connectivity index (χ3v) is 4.14. The Labute approximate surface area is 121 Å². The molecule has 2 nitrogen and oxygen atoms in total. The van der Waals surface area contributed by atoms with Gasteiger partial charge in [0, 0.05) is 23.2 Å². The molecule has 98 valence electrons. The number of ketones is 1. The Morgan fingerprint density at radius 2 is 2.17 bits per heavy atom. The van der Waals surface area contributed by atoms with Crippen LogP contribution in [-0.2, 0) is 4.79 Å². The van der Waals surface area contributed by atoms with E-state index in [1.807, 2.05) is 24.3 Å². The minimum atomic E-state index is -0.727. The molecule has 0 aliphatic carbocycles. The number of nitrogens with zero attached hydrogens (tertiary/aromatic N) is 1. The molecule has 2 rings (SSSR count). The van der Waals surface area contributed by atoms with Crippen molar-refractivity contribution in [3.8, 4) is 0 Å². The van der Waals surface area contributed by atoms with E-state index in [4.69, 9.17) is 0 Å². The summed E-state index contributed by atoms with van der Waals surface area (Å²) in [5, 5.41) is 0. The van der Waals surface area contributed by atoms with Crippen molar-refractivity contribution in [1.82, 2.24) is 4.90 Å². The number of halogens is 2. The summed E-state index contributed by atoms with van der Waals surface area (Å²) in [6.45, 7) is 3.48. The number of rotatable bonds is 4. The van der Waals surface area contributed by atoms with Crippen molar-refractivity contribution >= 4 is 28.4 Å². The Morgan fingerprint density at radius 3 is 2.67 bits per heavy atom. The average molecular weight is 361 g/mol. The van der Waals surface area contributed by atoms with Crippen LogP contribution in [0.15, 0.2) is 24.3 Å². The molecular formula is C14H17FINO. The maximum Gasteiger partial charge on any atom is 0.138 e. The third-order valence-electron chi connectivity index (χ3n) is 3.42. The van der Waals surface area contributed by atoms with E-state index in [9.17, 15) is 9.18 Å². The van der Waals surface area contributed by atoms with E-state index in [0.717, 1.165) is 15.7 Å². The zero-order chi connectivity index (χ0) is 13.1. The van der Waals surface area contributed by atoms with Crippen molar-refractivity contribution in [2.45, 2.75) is 25.4 Å². The molecule has 1 aromatic rings. The van der Waals surface area contributed by atoms with E-state index < -0.39 is 6.17 Å². The SMILES string of the molecule is CC(=O)C(CN1CC[C@H](F)C1)c1ccc(I)cc1. The van der Waals surface area contributed by atoms with Crippen molar-refractivity contribution in [3.05, 3.63) is 33.4 Å². The minimum Gasteiger partial charge on any atom is -0.299 e. The van der Waals surface area contributed by atoms with Gasteiger partial charge in [-0.25, -0.2) is 4.39 Å². The van der Waals surface area contributed by atoms with Gasteiger partial charge in [-0.05, 0) is 53.6 Å². The summed E-state index contributed by atoms with van der Waals surface area (Å²) in [4.78, 5) is 13.8. The lowest BCUT2D eigenvalue weighted by molar-refractivity contribution is -0.118. The number of benzene rings is 1. The zero-order valence-corrected chi connectivity index (χ0v) is 12.6. The Hall–Kier alpha value is -0.490. The number of carbonyl (C=O) groups excluding carboxylic acids is 1. The molecule has 4 heteroatoms. The van der Waals surface area contributed by atoms with E-state index in [0.29, 0.717) is 19.5 Å². The molecule has 1 saturated heterocycles. The quantitative estimate of drug-likeness (QED) is 0.769. The predicted molar refractivity (Wildman–Crippen MR) is 78.5 cm³/mol. The largest absolute Gasteiger partial charge is 0.299 e. The highest BCUT2D eigenvalue weighted by atomic mass is 127. The van der Waals surface area contributed by atoms with Crippen LogP contribution in [-0.4, -0.2) is 36.5 Å². The number of carbonyl (C=O) groups is 1. The highest BCUT2D eigenvalue weighted by Crippen LogP contribution is 2.22. The molecule has 2 atom stereocenters. The van der Waals surface area contributed by atoms with Crippen molar-refractivity contribution < 1.29 is 9.18 Å². The van der Waals surface area contributed by atoms with Gasteiger partial charge in [-0.2, -0.15) is 0 Å². The molecule has 0 spiro atoms. The Morgan fingerprint density at radius 1 is 1.50 bits per heavy atom. The fourth-order valence-corrected chi connectivity index (χ4v) is 2.73. The van der Waals surface area contributed by atoms with Crippen LogP contribution in [0.4, 0.5) is 4.39 Å². The number of hydrogen-bond acceptors (Lipinski definition) is 2. The molecule has 0 radical (unpaired) electrons. The Bertz CT molecular complexity index is 420. The fraction of sp³-hybridized carbons (Fsp3) is 0.500. The van der Waals surface area contributed by atoms with Gasteiger partial charge in [0.15, 0.2) is 0 Å². The van der Waals surface area contributed by atoms with Crippen LogP contribution in [0.5, 0.6) is 0 Å². The number of hydrogen-bond donors (Lipinski definition) is 0. The molecule has 1 aromatic carbocycles. The van der Waals surface area contributed by atoms with Crippen LogP contribution in [0.3, 0.4) is 0 Å². The van der Waals surface area contributed by atoms with Gasteiger partial charge < -0.3 is 0 Å². The number of likely N-dealkylation sites (tertiary alicyclic amines) is 1. The second-order valence-electron chi connectivity index (χ2n) is 4.86. The van der Waals surface area contributed by atoms with E-state index in [2.05, 4.69) is 27.5 Å². The summed E-state index contributed by atoms with van der Waals surface area (Å²) in [6.07, 6.45) is -0.133. The van der Waals surface area contributed by atoms with Gasteiger partial charge in [0.05, 0.1) is 5.92 Å². The van der Waals surface area contributed by atoms with Gasteiger partial charge in [-0.3, -0.25) is 9.69 Å². The van der Waals surface area contributed by atoms with Crippen LogP contribution < -0.4 is 0 Å². The normalized spacial score (nSPS) is 22.1. The van der Waals surface area contributed by atoms with E-state index in [1.165, 1.54) is 0 Å². The van der Waals surface area contributed by atoms with Crippen LogP contribution in [0.25, 0.3) is 0 Å². The summed E-state index contributed by atoms with van der Waals surface area (Å²) in [6, 6.07) is 8.01. The predicted octanol–water partition coefficient (Wildman–Crippen LogP) is 3.01. The maximum atomic E-state index is 13.2. The summed E-state index contributed by atoms with van der Waals surface area (Å²) < 4.78 is 14.3. The lowest BCUT2D eigenvalue weighted by Crippen LogP contribution is -2.29. The average Bonchev–Trinajstić information content (AvgIpc) is 2.73. The molecule has 1 heterocycles. The van der Waals surface area contributed by atoms with Gasteiger partial charge in [-0.1, -0.05) is 12.1 Å². The molecule has 18 heavy (non-hydrogen) atoms. The summed E-state index contributed by atoms with van der Waals surface area (Å²) in [5.41, 5.74) is 1.03. The Balaban J connectivity index is 2.08. The molecule has 1 fully saturated rings. The maximum absolute atomic E-state index is 13.2. The topological polar surface area (TPSA) is 20.3 Å². The number of Topliss-reactive ketones (excluding diaryl/α,β-unsaturated/α-hetero) is 1. The van der Waals surface area contributed by atoms with Crippen molar-refractivity contribution in [2.24, 2.45) is 0 Å². The molecule has 0 saturated carbocycles. The first kappa shape index (κ1) is 13.9. The van der Waals surface area contributed by atoms with Crippen molar-refractivity contribution in [1.29, 1.82) is 0 Å². The fourth-order valence-electron chi connectivity index (χ4n) is 2.37. The molecule has 1 aliphatic rings. The smallest absolute Gasteiger partial charge is 0.138 e. The lowest BCUT2D eigenvalue weighted by Gasteiger charge is -2.21. The minimum absolute atomic E-state index is 0.132. The molecule has 0 bridgehead atoms. The standard InChI is InChI=1S/C14H17FINO/c1-10(18)14(9-17-7-6-12(15)8-17)11-2-4-13(16)5-3-11/h2-5,12,14H,6-9H2,1H3/t12-,14?/m0/s1. The second kappa shape index (κ2) is 6.10. The third kappa shape index (κ3) is 3.51. The van der Waals surface area contributed by atoms with Crippen LogP contribution in [0.1, 0.15) is 24.8 Å². The molecule has 1 aliphatic heterocycles. The first-order valence-electron chi connectivity index (χ1n) is 6.18. The molecular weight excluding hydrogens is 344 g/mol. The first-order valence-corrected chi connectivity index (χ1v) is 7.26. The van der Waals surface area contributed by atoms with Crippen molar-refractivity contribution in [2.75, 3.05) is 19.6 Å². The molecule has 0 N–H and O–H groups in total. The first-order chi connectivity index (χ1) is 8.56. The zero-order valence-electron chi connectivity index (χ0n) is 10.4. The van der Waals surface area contributed by atoms with Gasteiger partial charge in [0.25, 0.3) is 0 Å². The van der Waals surface area contributed by atoms with Gasteiger partial charge in [0.1, 0.15) is 12.0 Å². The summed E-state index contributed by atoms with van der Waals surface area (Å²) >= 11 is 2.25. The van der Waals surface area contributed by atoms with E-state index in [1.54, 1.807) is 6.92 Å². The highest BCUT2D eigenvalue weighted by Gasteiger charge is 2.26. The van der Waals surface area contributed by atoms with Crippen LogP contribution in [0.2, 0.25) is 0 Å². The summed E-state index contributed by atoms with van der Waals surface area (Å²) in [5.74, 6) is 0.0193. The van der Waals surface area contributed by atoms with E-state index in [-0.39, 0.29) is 11.7 Å². The highest BCUT2D eigenvalue weighted by molar-refractivity contribution is 14.1. The monoisotopic (exact) mass is 361 g/mol. The van der Waals surface area contributed by atoms with Crippen LogP contribution >= 0.6 is 22.6 Å². The Kier molecular flexibility index (Phi) is 4.72. The van der Waals surface area contributed by atoms with E-state index >= 15 is 0 Å². The molecule has 0 aromatic heterocycles.